The SMILES string of the molecule is COc1ncccc1C(O)C1CC1. The second kappa shape index (κ2) is 3.34. The third kappa shape index (κ3) is 1.65. The summed E-state index contributed by atoms with van der Waals surface area (Å²) in [4.78, 5) is 4.05. The molecule has 1 aromatic heterocycles. The molecule has 1 aliphatic carbocycles. The van der Waals surface area contributed by atoms with E-state index in [0.717, 1.165) is 18.4 Å². The lowest BCUT2D eigenvalue weighted by Crippen LogP contribution is -2.03. The summed E-state index contributed by atoms with van der Waals surface area (Å²) in [7, 11) is 1.57. The standard InChI is InChI=1S/C10H13NO2/c1-13-10-8(3-2-6-11-10)9(12)7-4-5-7/h2-3,6-7,9,12H,4-5H2,1H3. The van der Waals surface area contributed by atoms with Crippen molar-refractivity contribution in [1.29, 1.82) is 0 Å². The number of hydrogen-bond donors (Lipinski definition) is 1. The van der Waals surface area contributed by atoms with Gasteiger partial charge in [0.1, 0.15) is 0 Å². The molecule has 1 atom stereocenters. The smallest absolute Gasteiger partial charge is 0.218 e. The van der Waals surface area contributed by atoms with Gasteiger partial charge in [-0.15, -0.1) is 0 Å². The first-order valence-corrected chi connectivity index (χ1v) is 4.50. The van der Waals surface area contributed by atoms with Gasteiger partial charge < -0.3 is 9.84 Å². The highest BCUT2D eigenvalue weighted by molar-refractivity contribution is 5.28. The summed E-state index contributed by atoms with van der Waals surface area (Å²) >= 11 is 0. The molecule has 0 spiro atoms. The van der Waals surface area contributed by atoms with Crippen LogP contribution in [0.15, 0.2) is 18.3 Å². The fourth-order valence-electron chi connectivity index (χ4n) is 1.46. The number of hydrogen-bond acceptors (Lipinski definition) is 3. The van der Waals surface area contributed by atoms with Crippen LogP contribution in [0, 0.1) is 5.92 Å². The Bertz CT molecular complexity index is 297. The highest BCUT2D eigenvalue weighted by atomic mass is 16.5. The van der Waals surface area contributed by atoms with Gasteiger partial charge in [-0.1, -0.05) is 0 Å². The lowest BCUT2D eigenvalue weighted by molar-refractivity contribution is 0.149. The van der Waals surface area contributed by atoms with Crippen LogP contribution in [0.4, 0.5) is 0 Å². The Labute approximate surface area is 77.4 Å². The number of nitrogens with zero attached hydrogens (tertiary/aromatic N) is 1. The quantitative estimate of drug-likeness (QED) is 0.765. The molecule has 3 heteroatoms. The van der Waals surface area contributed by atoms with Gasteiger partial charge in [0.2, 0.25) is 5.88 Å². The molecule has 2 rings (SSSR count). The van der Waals surface area contributed by atoms with E-state index in [1.165, 1.54) is 0 Å². The molecule has 13 heavy (non-hydrogen) atoms. The number of methoxy groups -OCH3 is 1. The second-order valence-electron chi connectivity index (χ2n) is 3.38. The lowest BCUT2D eigenvalue weighted by Gasteiger charge is -2.12. The number of aromatic nitrogens is 1. The predicted octanol–water partition coefficient (Wildman–Crippen LogP) is 1.53. The number of rotatable bonds is 3. The fourth-order valence-corrected chi connectivity index (χ4v) is 1.46. The molecule has 1 aliphatic rings. The van der Waals surface area contributed by atoms with Crippen molar-refractivity contribution in [3.63, 3.8) is 0 Å². The number of aliphatic hydroxyl groups excluding tert-OH is 1. The highest BCUT2D eigenvalue weighted by Crippen LogP contribution is 2.42. The van der Waals surface area contributed by atoms with Crippen LogP contribution in [0.25, 0.3) is 0 Å². The Hall–Kier alpha value is -1.09. The minimum Gasteiger partial charge on any atom is -0.481 e. The second-order valence-corrected chi connectivity index (χ2v) is 3.38. The molecule has 1 saturated carbocycles. The number of ether oxygens (including phenoxy) is 1. The van der Waals surface area contributed by atoms with Crippen LogP contribution in [0.3, 0.4) is 0 Å². The van der Waals surface area contributed by atoms with Crippen molar-refractivity contribution in [1.82, 2.24) is 4.98 Å². The molecule has 0 aliphatic heterocycles. The molecule has 0 amide bonds. The van der Waals surface area contributed by atoms with Crippen LogP contribution in [-0.4, -0.2) is 17.2 Å². The normalized spacial score (nSPS) is 18.3. The van der Waals surface area contributed by atoms with Crippen LogP contribution in [0.1, 0.15) is 24.5 Å². The topological polar surface area (TPSA) is 42.4 Å². The maximum atomic E-state index is 9.85. The van der Waals surface area contributed by atoms with Gasteiger partial charge in [0.05, 0.1) is 13.2 Å². The van der Waals surface area contributed by atoms with Gasteiger partial charge in [0, 0.05) is 11.8 Å². The van der Waals surface area contributed by atoms with Gasteiger partial charge in [-0.3, -0.25) is 0 Å². The average Bonchev–Trinajstić information content (AvgIpc) is 3.00. The van der Waals surface area contributed by atoms with E-state index >= 15 is 0 Å². The van der Waals surface area contributed by atoms with Crippen molar-refractivity contribution in [2.24, 2.45) is 5.92 Å². The first-order valence-electron chi connectivity index (χ1n) is 4.50. The third-order valence-corrected chi connectivity index (χ3v) is 2.38. The van der Waals surface area contributed by atoms with E-state index in [2.05, 4.69) is 4.98 Å². The Kier molecular flexibility index (Phi) is 2.19. The predicted molar refractivity (Wildman–Crippen MR) is 48.5 cm³/mol. The first kappa shape index (κ1) is 8.51. The molecular formula is C10H13NO2. The summed E-state index contributed by atoms with van der Waals surface area (Å²) in [6.07, 6.45) is 3.49. The van der Waals surface area contributed by atoms with Crippen molar-refractivity contribution < 1.29 is 9.84 Å². The van der Waals surface area contributed by atoms with Crippen LogP contribution in [0.5, 0.6) is 5.88 Å². The van der Waals surface area contributed by atoms with E-state index in [1.54, 1.807) is 13.3 Å². The van der Waals surface area contributed by atoms with E-state index in [4.69, 9.17) is 4.74 Å². The minimum absolute atomic E-state index is 0.399. The van der Waals surface area contributed by atoms with Gasteiger partial charge >= 0.3 is 0 Å². The van der Waals surface area contributed by atoms with Crippen molar-refractivity contribution in [3.05, 3.63) is 23.9 Å². The zero-order chi connectivity index (χ0) is 9.26. The molecule has 0 radical (unpaired) electrons. The molecule has 0 saturated heterocycles. The van der Waals surface area contributed by atoms with E-state index < -0.39 is 6.10 Å². The summed E-state index contributed by atoms with van der Waals surface area (Å²) in [5.74, 6) is 0.958. The van der Waals surface area contributed by atoms with E-state index in [0.29, 0.717) is 11.8 Å². The average molecular weight is 179 g/mol. The van der Waals surface area contributed by atoms with Crippen LogP contribution >= 0.6 is 0 Å². The Morgan fingerprint density at radius 1 is 1.62 bits per heavy atom. The molecular weight excluding hydrogens is 166 g/mol. The van der Waals surface area contributed by atoms with Gasteiger partial charge in [-0.25, -0.2) is 4.98 Å². The van der Waals surface area contributed by atoms with Crippen molar-refractivity contribution in [2.75, 3.05) is 7.11 Å². The van der Waals surface area contributed by atoms with Crippen molar-refractivity contribution >= 4 is 0 Å². The van der Waals surface area contributed by atoms with Crippen LogP contribution < -0.4 is 4.74 Å². The van der Waals surface area contributed by atoms with Crippen molar-refractivity contribution in [2.45, 2.75) is 18.9 Å². The molecule has 3 nitrogen and oxygen atoms in total. The highest BCUT2D eigenvalue weighted by Gasteiger charge is 2.32. The van der Waals surface area contributed by atoms with Crippen molar-refractivity contribution in [3.8, 4) is 5.88 Å². The molecule has 0 bridgehead atoms. The van der Waals surface area contributed by atoms with Gasteiger partial charge in [0.25, 0.3) is 0 Å². The van der Waals surface area contributed by atoms with Crippen LogP contribution in [-0.2, 0) is 0 Å². The molecule has 1 aromatic rings. The molecule has 0 aromatic carbocycles. The van der Waals surface area contributed by atoms with Crippen LogP contribution in [0.2, 0.25) is 0 Å². The largest absolute Gasteiger partial charge is 0.481 e. The molecule has 1 heterocycles. The minimum atomic E-state index is -0.399. The number of aliphatic hydroxyl groups is 1. The fraction of sp³-hybridized carbons (Fsp3) is 0.500. The molecule has 70 valence electrons. The molecule has 1 N–H and O–H groups in total. The monoisotopic (exact) mass is 179 g/mol. The summed E-state index contributed by atoms with van der Waals surface area (Å²) in [6, 6.07) is 3.69. The van der Waals surface area contributed by atoms with Gasteiger partial charge in [0.15, 0.2) is 0 Å². The molecule has 1 unspecified atom stereocenters. The lowest BCUT2D eigenvalue weighted by atomic mass is 10.1. The Morgan fingerprint density at radius 2 is 2.38 bits per heavy atom. The Morgan fingerprint density at radius 3 is 3.00 bits per heavy atom. The summed E-state index contributed by atoms with van der Waals surface area (Å²) in [5, 5.41) is 9.85. The Balaban J connectivity index is 2.26. The maximum Gasteiger partial charge on any atom is 0.218 e. The van der Waals surface area contributed by atoms with Gasteiger partial charge in [-0.05, 0) is 30.9 Å². The first-order chi connectivity index (χ1) is 6.33. The molecule has 1 fully saturated rings. The summed E-state index contributed by atoms with van der Waals surface area (Å²) in [5.41, 5.74) is 0.813. The third-order valence-electron chi connectivity index (χ3n) is 2.38. The maximum absolute atomic E-state index is 9.85. The zero-order valence-corrected chi connectivity index (χ0v) is 7.60. The van der Waals surface area contributed by atoms with E-state index in [9.17, 15) is 5.11 Å². The summed E-state index contributed by atoms with van der Waals surface area (Å²) < 4.78 is 5.07. The number of pyridine rings is 1. The summed E-state index contributed by atoms with van der Waals surface area (Å²) in [6.45, 7) is 0. The zero-order valence-electron chi connectivity index (χ0n) is 7.60. The van der Waals surface area contributed by atoms with Gasteiger partial charge in [-0.2, -0.15) is 0 Å². The van der Waals surface area contributed by atoms with E-state index in [-0.39, 0.29) is 0 Å². The van der Waals surface area contributed by atoms with E-state index in [1.807, 2.05) is 12.1 Å².